The molecule has 0 spiro atoms. The molecule has 1 unspecified atom stereocenters. The Morgan fingerprint density at radius 1 is 1.33 bits per heavy atom. The number of hydrogen-bond donors (Lipinski definition) is 3. The van der Waals surface area contributed by atoms with Crippen LogP contribution in [-0.2, 0) is 0 Å². The third-order valence-electron chi connectivity index (χ3n) is 1.54. The monoisotopic (exact) mass is 174 g/mol. The molecule has 12 heavy (non-hydrogen) atoms. The lowest BCUT2D eigenvalue weighted by Crippen LogP contribution is -2.45. The number of hydrogen-bond acceptors (Lipinski definition) is 3. The van der Waals surface area contributed by atoms with Gasteiger partial charge in [-0.05, 0) is 27.7 Å². The van der Waals surface area contributed by atoms with Gasteiger partial charge in [-0.15, -0.1) is 0 Å². The molecule has 0 saturated heterocycles. The van der Waals surface area contributed by atoms with Gasteiger partial charge in [-0.2, -0.15) is 0 Å². The molecule has 3 heteroatoms. The van der Waals surface area contributed by atoms with E-state index in [0.29, 0.717) is 12.6 Å². The second-order valence-corrected chi connectivity index (χ2v) is 4.21. The normalized spacial score (nSPS) is 14.8. The summed E-state index contributed by atoms with van der Waals surface area (Å²) >= 11 is 0. The van der Waals surface area contributed by atoms with Crippen LogP contribution in [0.3, 0.4) is 0 Å². The molecule has 74 valence electrons. The van der Waals surface area contributed by atoms with Gasteiger partial charge in [0.2, 0.25) is 0 Å². The van der Waals surface area contributed by atoms with Crippen LogP contribution in [0.2, 0.25) is 0 Å². The molecule has 0 aliphatic rings. The highest BCUT2D eigenvalue weighted by molar-refractivity contribution is 4.74. The SMILES string of the molecule is CC(CNC(C)(C)C)NCCO. The Balaban J connectivity index is 3.37. The topological polar surface area (TPSA) is 44.3 Å². The van der Waals surface area contributed by atoms with Gasteiger partial charge in [0.15, 0.2) is 0 Å². The molecule has 0 aromatic rings. The van der Waals surface area contributed by atoms with Crippen LogP contribution >= 0.6 is 0 Å². The van der Waals surface area contributed by atoms with E-state index in [1.54, 1.807) is 0 Å². The number of aliphatic hydroxyl groups excluding tert-OH is 1. The zero-order valence-corrected chi connectivity index (χ0v) is 8.65. The van der Waals surface area contributed by atoms with Gasteiger partial charge < -0.3 is 15.7 Å². The lowest BCUT2D eigenvalue weighted by atomic mass is 10.1. The van der Waals surface area contributed by atoms with E-state index in [2.05, 4.69) is 38.3 Å². The predicted molar refractivity (Wildman–Crippen MR) is 52.3 cm³/mol. The van der Waals surface area contributed by atoms with Crippen LogP contribution < -0.4 is 10.6 Å². The number of nitrogens with one attached hydrogen (secondary N) is 2. The summed E-state index contributed by atoms with van der Waals surface area (Å²) in [5.41, 5.74) is 0.176. The molecule has 0 fully saturated rings. The van der Waals surface area contributed by atoms with Gasteiger partial charge in [-0.3, -0.25) is 0 Å². The van der Waals surface area contributed by atoms with E-state index >= 15 is 0 Å². The fourth-order valence-corrected chi connectivity index (χ4v) is 0.842. The van der Waals surface area contributed by atoms with Crippen LogP contribution in [0.25, 0.3) is 0 Å². The highest BCUT2D eigenvalue weighted by Crippen LogP contribution is 1.97. The van der Waals surface area contributed by atoms with Gasteiger partial charge in [0.1, 0.15) is 0 Å². The standard InChI is InChI=1S/C9H22N2O/c1-8(10-5-6-12)7-11-9(2,3)4/h8,10-12H,5-7H2,1-4H3. The van der Waals surface area contributed by atoms with E-state index in [-0.39, 0.29) is 12.1 Å². The molecule has 1 atom stereocenters. The number of aliphatic hydroxyl groups is 1. The van der Waals surface area contributed by atoms with E-state index in [1.165, 1.54) is 0 Å². The van der Waals surface area contributed by atoms with E-state index in [4.69, 9.17) is 5.11 Å². The van der Waals surface area contributed by atoms with Crippen LogP contribution in [0.15, 0.2) is 0 Å². The molecule has 0 rings (SSSR count). The van der Waals surface area contributed by atoms with E-state index < -0.39 is 0 Å². The molecule has 0 bridgehead atoms. The molecule has 0 heterocycles. The Labute approximate surface area is 75.6 Å². The predicted octanol–water partition coefficient (Wildman–Crippen LogP) is 0.345. The summed E-state index contributed by atoms with van der Waals surface area (Å²) in [7, 11) is 0. The van der Waals surface area contributed by atoms with Crippen molar-refractivity contribution in [2.24, 2.45) is 0 Å². The Bertz CT molecular complexity index is 110. The second-order valence-electron chi connectivity index (χ2n) is 4.21. The van der Waals surface area contributed by atoms with Crippen molar-refractivity contribution in [1.82, 2.24) is 10.6 Å². The van der Waals surface area contributed by atoms with Gasteiger partial charge >= 0.3 is 0 Å². The summed E-state index contributed by atoms with van der Waals surface area (Å²) in [6.07, 6.45) is 0. The first-order valence-corrected chi connectivity index (χ1v) is 4.55. The molecule has 3 nitrogen and oxygen atoms in total. The van der Waals surface area contributed by atoms with Crippen LogP contribution in [0.5, 0.6) is 0 Å². The molecule has 0 amide bonds. The molecule has 0 aromatic heterocycles. The lowest BCUT2D eigenvalue weighted by molar-refractivity contribution is 0.281. The average molecular weight is 174 g/mol. The van der Waals surface area contributed by atoms with Crippen molar-refractivity contribution < 1.29 is 5.11 Å². The summed E-state index contributed by atoms with van der Waals surface area (Å²) in [5, 5.41) is 15.1. The largest absolute Gasteiger partial charge is 0.395 e. The maximum Gasteiger partial charge on any atom is 0.0556 e. The van der Waals surface area contributed by atoms with Gasteiger partial charge in [-0.1, -0.05) is 0 Å². The highest BCUT2D eigenvalue weighted by atomic mass is 16.3. The van der Waals surface area contributed by atoms with Gasteiger partial charge in [0.25, 0.3) is 0 Å². The first-order valence-electron chi connectivity index (χ1n) is 4.55. The Morgan fingerprint density at radius 2 is 1.92 bits per heavy atom. The molecule has 0 aromatic carbocycles. The van der Waals surface area contributed by atoms with Gasteiger partial charge in [-0.25, -0.2) is 0 Å². The molecule has 0 saturated carbocycles. The fraction of sp³-hybridized carbons (Fsp3) is 1.00. The molecule has 0 aliphatic heterocycles. The molecule has 0 aliphatic carbocycles. The Kier molecular flexibility index (Phi) is 5.46. The maximum absolute atomic E-state index is 8.56. The average Bonchev–Trinajstić information content (AvgIpc) is 1.95. The number of rotatable bonds is 5. The summed E-state index contributed by atoms with van der Waals surface area (Å²) in [6.45, 7) is 10.4. The van der Waals surface area contributed by atoms with Gasteiger partial charge in [0.05, 0.1) is 6.61 Å². The zero-order chi connectivity index (χ0) is 9.61. The third-order valence-corrected chi connectivity index (χ3v) is 1.54. The minimum absolute atomic E-state index is 0.176. The zero-order valence-electron chi connectivity index (χ0n) is 8.65. The molecule has 0 radical (unpaired) electrons. The second kappa shape index (κ2) is 5.51. The maximum atomic E-state index is 8.56. The van der Waals surface area contributed by atoms with Crippen molar-refractivity contribution in [3.63, 3.8) is 0 Å². The van der Waals surface area contributed by atoms with Crippen LogP contribution in [0.4, 0.5) is 0 Å². The van der Waals surface area contributed by atoms with Crippen LogP contribution in [-0.4, -0.2) is 36.4 Å². The molecular weight excluding hydrogens is 152 g/mol. The van der Waals surface area contributed by atoms with E-state index in [0.717, 1.165) is 6.54 Å². The fourth-order valence-electron chi connectivity index (χ4n) is 0.842. The minimum atomic E-state index is 0.176. The van der Waals surface area contributed by atoms with Crippen molar-refractivity contribution >= 4 is 0 Å². The Hall–Kier alpha value is -0.120. The van der Waals surface area contributed by atoms with Crippen molar-refractivity contribution in [3.05, 3.63) is 0 Å². The van der Waals surface area contributed by atoms with E-state index in [1.807, 2.05) is 0 Å². The summed E-state index contributed by atoms with van der Waals surface area (Å²) in [6, 6.07) is 0.413. The minimum Gasteiger partial charge on any atom is -0.395 e. The smallest absolute Gasteiger partial charge is 0.0556 e. The summed E-state index contributed by atoms with van der Waals surface area (Å²) in [5.74, 6) is 0. The molecule has 3 N–H and O–H groups in total. The van der Waals surface area contributed by atoms with Crippen molar-refractivity contribution in [2.45, 2.75) is 39.3 Å². The van der Waals surface area contributed by atoms with Crippen molar-refractivity contribution in [3.8, 4) is 0 Å². The summed E-state index contributed by atoms with van der Waals surface area (Å²) in [4.78, 5) is 0. The van der Waals surface area contributed by atoms with Crippen LogP contribution in [0.1, 0.15) is 27.7 Å². The highest BCUT2D eigenvalue weighted by Gasteiger charge is 2.09. The van der Waals surface area contributed by atoms with Gasteiger partial charge in [0, 0.05) is 24.7 Å². The Morgan fingerprint density at radius 3 is 2.33 bits per heavy atom. The first-order chi connectivity index (χ1) is 5.45. The van der Waals surface area contributed by atoms with E-state index in [9.17, 15) is 0 Å². The lowest BCUT2D eigenvalue weighted by Gasteiger charge is -2.23. The quantitative estimate of drug-likeness (QED) is 0.563. The van der Waals surface area contributed by atoms with Crippen LogP contribution in [0, 0.1) is 0 Å². The first kappa shape index (κ1) is 11.9. The summed E-state index contributed by atoms with van der Waals surface area (Å²) < 4.78 is 0. The third kappa shape index (κ3) is 7.98. The van der Waals surface area contributed by atoms with Crippen molar-refractivity contribution in [2.75, 3.05) is 19.7 Å². The molecular formula is C9H22N2O. The van der Waals surface area contributed by atoms with Crippen molar-refractivity contribution in [1.29, 1.82) is 0 Å².